The van der Waals surface area contributed by atoms with Crippen LogP contribution in [0.1, 0.15) is 45.7 Å². The Labute approximate surface area is 169 Å². The molecule has 2 aliphatic heterocycles. The van der Waals surface area contributed by atoms with Crippen LogP contribution in [0.5, 0.6) is 0 Å². The molecule has 2 aliphatic rings. The van der Waals surface area contributed by atoms with Crippen LogP contribution in [0.15, 0.2) is 35.8 Å². The lowest BCUT2D eigenvalue weighted by Crippen LogP contribution is -2.38. The van der Waals surface area contributed by atoms with Crippen LogP contribution in [0.3, 0.4) is 0 Å². The third kappa shape index (κ3) is 4.04. The molecule has 0 bridgehead atoms. The van der Waals surface area contributed by atoms with Gasteiger partial charge in [-0.15, -0.1) is 11.3 Å². The summed E-state index contributed by atoms with van der Waals surface area (Å²) in [6.45, 7) is 4.52. The van der Waals surface area contributed by atoms with Crippen molar-refractivity contribution in [3.63, 3.8) is 0 Å². The van der Waals surface area contributed by atoms with Crippen molar-refractivity contribution in [3.8, 4) is 0 Å². The fourth-order valence-corrected chi connectivity index (χ4v) is 4.66. The number of nitrogens with zero attached hydrogens (tertiary/aromatic N) is 4. The van der Waals surface area contributed by atoms with Crippen molar-refractivity contribution in [1.29, 1.82) is 0 Å². The number of amides is 2. The van der Waals surface area contributed by atoms with E-state index in [4.69, 9.17) is 0 Å². The number of thiophene rings is 1. The van der Waals surface area contributed by atoms with Gasteiger partial charge in [-0.25, -0.2) is 4.98 Å². The van der Waals surface area contributed by atoms with E-state index in [-0.39, 0.29) is 11.8 Å². The molecule has 0 spiro atoms. The average Bonchev–Trinajstić information content (AvgIpc) is 3.18. The maximum atomic E-state index is 13.1. The van der Waals surface area contributed by atoms with Crippen molar-refractivity contribution < 1.29 is 9.59 Å². The van der Waals surface area contributed by atoms with E-state index in [1.54, 1.807) is 6.20 Å². The van der Waals surface area contributed by atoms with Gasteiger partial charge in [0.25, 0.3) is 11.8 Å². The Bertz CT molecular complexity index is 818. The van der Waals surface area contributed by atoms with Crippen LogP contribution in [0.25, 0.3) is 0 Å². The quantitative estimate of drug-likeness (QED) is 0.797. The van der Waals surface area contributed by atoms with Crippen LogP contribution in [0.2, 0.25) is 0 Å². The van der Waals surface area contributed by atoms with E-state index in [0.29, 0.717) is 18.7 Å². The summed E-state index contributed by atoms with van der Waals surface area (Å²) in [4.78, 5) is 37.1. The third-order valence-corrected chi connectivity index (χ3v) is 6.33. The van der Waals surface area contributed by atoms with Crippen molar-refractivity contribution in [2.75, 3.05) is 44.2 Å². The number of pyridine rings is 1. The molecule has 0 radical (unpaired) electrons. The van der Waals surface area contributed by atoms with E-state index in [9.17, 15) is 9.59 Å². The van der Waals surface area contributed by atoms with Gasteiger partial charge in [0.2, 0.25) is 0 Å². The van der Waals surface area contributed by atoms with E-state index >= 15 is 0 Å². The first-order chi connectivity index (χ1) is 13.7. The SMILES string of the molecule is O=C(c1cccs1)N1CCCN(c2ncccc2C(=O)N2CCCCC2)CC1. The topological polar surface area (TPSA) is 56.8 Å². The summed E-state index contributed by atoms with van der Waals surface area (Å²) in [6.07, 6.45) is 5.96. The summed E-state index contributed by atoms with van der Waals surface area (Å²) >= 11 is 1.48. The Morgan fingerprint density at radius 3 is 2.39 bits per heavy atom. The van der Waals surface area contributed by atoms with Gasteiger partial charge in [-0.2, -0.15) is 0 Å². The number of hydrogen-bond donors (Lipinski definition) is 0. The zero-order valence-corrected chi connectivity index (χ0v) is 16.9. The normalized spacial score (nSPS) is 18.1. The molecule has 148 valence electrons. The standard InChI is InChI=1S/C21H26N4O2S/c26-20(24-10-2-1-3-11-24)17-7-4-9-22-19(17)23-12-6-13-25(15-14-23)21(27)18-8-5-16-28-18/h4-5,7-9,16H,1-3,6,10-15H2. The number of rotatable bonds is 3. The number of anilines is 1. The molecule has 2 amide bonds. The predicted octanol–water partition coefficient (Wildman–Crippen LogP) is 3.12. The minimum absolute atomic E-state index is 0.0820. The molecule has 7 heteroatoms. The molecule has 0 N–H and O–H groups in total. The lowest BCUT2D eigenvalue weighted by atomic mass is 10.1. The second-order valence-electron chi connectivity index (χ2n) is 7.34. The van der Waals surface area contributed by atoms with E-state index in [1.165, 1.54) is 17.8 Å². The van der Waals surface area contributed by atoms with Crippen LogP contribution < -0.4 is 4.90 Å². The zero-order valence-electron chi connectivity index (χ0n) is 16.0. The monoisotopic (exact) mass is 398 g/mol. The van der Waals surface area contributed by atoms with Gasteiger partial charge < -0.3 is 14.7 Å². The molecular formula is C21H26N4O2S. The third-order valence-electron chi connectivity index (χ3n) is 5.47. The Morgan fingerprint density at radius 2 is 1.61 bits per heavy atom. The largest absolute Gasteiger partial charge is 0.354 e. The number of likely N-dealkylation sites (tertiary alicyclic amines) is 1. The maximum absolute atomic E-state index is 13.1. The van der Waals surface area contributed by atoms with E-state index in [1.807, 2.05) is 39.4 Å². The van der Waals surface area contributed by atoms with Crippen molar-refractivity contribution in [1.82, 2.24) is 14.8 Å². The molecule has 6 nitrogen and oxygen atoms in total. The Balaban J connectivity index is 1.49. The van der Waals surface area contributed by atoms with Gasteiger partial charge in [0.15, 0.2) is 0 Å². The first-order valence-corrected chi connectivity index (χ1v) is 10.9. The van der Waals surface area contributed by atoms with Gasteiger partial charge in [-0.3, -0.25) is 9.59 Å². The van der Waals surface area contributed by atoms with E-state index < -0.39 is 0 Å². The first kappa shape index (κ1) is 18.9. The van der Waals surface area contributed by atoms with Gasteiger partial charge >= 0.3 is 0 Å². The first-order valence-electron chi connectivity index (χ1n) is 10.1. The number of piperidine rings is 1. The van der Waals surface area contributed by atoms with Crippen molar-refractivity contribution in [3.05, 3.63) is 46.3 Å². The number of aromatic nitrogens is 1. The highest BCUT2D eigenvalue weighted by atomic mass is 32.1. The minimum Gasteiger partial charge on any atom is -0.354 e. The van der Waals surface area contributed by atoms with Crippen LogP contribution >= 0.6 is 11.3 Å². The fraction of sp³-hybridized carbons (Fsp3) is 0.476. The van der Waals surface area contributed by atoms with Gasteiger partial charge in [0, 0.05) is 45.5 Å². The Morgan fingerprint density at radius 1 is 0.821 bits per heavy atom. The van der Waals surface area contributed by atoms with Crippen molar-refractivity contribution >= 4 is 29.0 Å². The number of hydrogen-bond acceptors (Lipinski definition) is 5. The molecule has 0 aliphatic carbocycles. The maximum Gasteiger partial charge on any atom is 0.263 e. The second-order valence-corrected chi connectivity index (χ2v) is 8.29. The number of carbonyl (C=O) groups is 2. The Hall–Kier alpha value is -2.41. The Kier molecular flexibility index (Phi) is 5.90. The van der Waals surface area contributed by atoms with Crippen molar-refractivity contribution in [2.45, 2.75) is 25.7 Å². The highest BCUT2D eigenvalue weighted by Gasteiger charge is 2.26. The molecule has 0 aromatic carbocycles. The van der Waals surface area contributed by atoms with Crippen molar-refractivity contribution in [2.24, 2.45) is 0 Å². The fourth-order valence-electron chi connectivity index (χ4n) is 3.97. The van der Waals surface area contributed by atoms with Crippen LogP contribution in [0, 0.1) is 0 Å². The van der Waals surface area contributed by atoms with Gasteiger partial charge in [-0.05, 0) is 49.3 Å². The molecule has 2 aromatic heterocycles. The summed E-state index contributed by atoms with van der Waals surface area (Å²) < 4.78 is 0. The molecule has 4 rings (SSSR count). The second kappa shape index (κ2) is 8.73. The van der Waals surface area contributed by atoms with Gasteiger partial charge in [0.05, 0.1) is 10.4 Å². The minimum atomic E-state index is 0.0820. The molecule has 2 saturated heterocycles. The lowest BCUT2D eigenvalue weighted by Gasteiger charge is -2.29. The molecule has 0 atom stereocenters. The summed E-state index contributed by atoms with van der Waals surface area (Å²) in [5.74, 6) is 0.935. The summed E-state index contributed by atoms with van der Waals surface area (Å²) in [5.41, 5.74) is 0.683. The molecule has 2 aromatic rings. The molecule has 0 saturated carbocycles. The summed E-state index contributed by atoms with van der Waals surface area (Å²) in [5, 5.41) is 1.93. The molecule has 2 fully saturated rings. The average molecular weight is 399 g/mol. The lowest BCUT2D eigenvalue weighted by molar-refractivity contribution is 0.0723. The number of carbonyl (C=O) groups excluding carboxylic acids is 2. The van der Waals surface area contributed by atoms with Crippen LogP contribution in [0.4, 0.5) is 5.82 Å². The molecule has 4 heterocycles. The molecular weight excluding hydrogens is 372 g/mol. The summed E-state index contributed by atoms with van der Waals surface area (Å²) in [6, 6.07) is 7.52. The highest BCUT2D eigenvalue weighted by molar-refractivity contribution is 7.12. The van der Waals surface area contributed by atoms with E-state index in [2.05, 4.69) is 9.88 Å². The van der Waals surface area contributed by atoms with Gasteiger partial charge in [0.1, 0.15) is 5.82 Å². The zero-order chi connectivity index (χ0) is 19.3. The van der Waals surface area contributed by atoms with E-state index in [0.717, 1.165) is 56.1 Å². The summed E-state index contributed by atoms with van der Waals surface area (Å²) in [7, 11) is 0. The molecule has 28 heavy (non-hydrogen) atoms. The smallest absolute Gasteiger partial charge is 0.263 e. The molecule has 0 unspecified atom stereocenters. The van der Waals surface area contributed by atoms with Crippen LogP contribution in [-0.4, -0.2) is 65.9 Å². The predicted molar refractivity (Wildman–Crippen MR) is 111 cm³/mol. The highest BCUT2D eigenvalue weighted by Crippen LogP contribution is 2.23. The van der Waals surface area contributed by atoms with Crippen LogP contribution in [-0.2, 0) is 0 Å². The van der Waals surface area contributed by atoms with Gasteiger partial charge in [-0.1, -0.05) is 6.07 Å².